The van der Waals surface area contributed by atoms with Gasteiger partial charge in [-0.2, -0.15) is 0 Å². The summed E-state index contributed by atoms with van der Waals surface area (Å²) in [5.41, 5.74) is 98.1. The van der Waals surface area contributed by atoms with Crippen molar-refractivity contribution in [3.8, 4) is 11.5 Å². The first kappa shape index (κ1) is 50.0. The molecule has 2 atom stereocenters. The lowest BCUT2D eigenvalue weighted by atomic mass is 9.88. The standard InChI is InChI=1S/C41H68N26O2/c42-33(43)58-9-23(10-59-34(44)45)19-5-21-17-66-29-3-1-2-4-30(29)67-18-22-6-20(24(11-60-35(46)47)12-61-36(48)49)8-28(26(15-64-39(54)55)16-65-40(56)57)32(22)69-41(66,67)68-31(21)27(7-19)25(13-62-37(50)51)14-63-38(52)53/h5-8,17-18,23-26,29-30H,1-4,9-16H2,(H4,42,43,58)(H4,44,45,59)(H4,46,47,60)(H4,48,49,61)(H4,50,51,62)(H4,52,53,63)(H4,54,55,64)(H4,56,57,65)/q+2. The summed E-state index contributed by atoms with van der Waals surface area (Å²) in [5.74, 6) is -2.01. The molecule has 4 aliphatic rings. The second-order valence-electron chi connectivity index (χ2n) is 17.2. The van der Waals surface area contributed by atoms with E-state index >= 15 is 0 Å². The number of benzene rings is 2. The SMILES string of the molecule is NC(N)=NCC(CN=C(N)N)c1cc2c(c(C(CN=C(N)N)CN=C(N)N)c1)OC13Oc4c(cc(C(CN=C(N)N)CN=C(N)N)cc4C(CN=C(N)N)CN=C(N)N)C=[N+]1C1CCCCC1[N+]3=C2. The van der Waals surface area contributed by atoms with E-state index in [9.17, 15) is 0 Å². The third-order valence-corrected chi connectivity index (χ3v) is 12.2. The van der Waals surface area contributed by atoms with Crippen molar-refractivity contribution in [3.05, 3.63) is 57.6 Å². The van der Waals surface area contributed by atoms with Crippen molar-refractivity contribution in [1.82, 2.24) is 0 Å². The quantitative estimate of drug-likeness (QED) is 0.0333. The van der Waals surface area contributed by atoms with E-state index in [-0.39, 0.29) is 112 Å². The number of guanidine groups is 8. The molecule has 372 valence electrons. The van der Waals surface area contributed by atoms with E-state index in [1.165, 1.54) is 0 Å². The smallest absolute Gasteiger partial charge is 0.370 e. The normalized spacial score (nSPS) is 18.3. The maximum absolute atomic E-state index is 7.48. The molecule has 1 saturated carbocycles. The molecule has 0 aromatic heterocycles. The zero-order valence-electron chi connectivity index (χ0n) is 38.4. The summed E-state index contributed by atoms with van der Waals surface area (Å²) in [6.45, 7) is 0.863. The van der Waals surface area contributed by atoms with Gasteiger partial charge in [-0.3, -0.25) is 39.9 Å². The van der Waals surface area contributed by atoms with Gasteiger partial charge in [-0.25, -0.2) is 0 Å². The van der Waals surface area contributed by atoms with Crippen LogP contribution in [0.3, 0.4) is 0 Å². The summed E-state index contributed by atoms with van der Waals surface area (Å²) < 4.78 is 19.2. The average Bonchev–Trinajstić information content (AvgIpc) is 3.54. The van der Waals surface area contributed by atoms with E-state index in [4.69, 9.17) is 101 Å². The highest BCUT2D eigenvalue weighted by Crippen LogP contribution is 2.49. The molecule has 1 spiro atoms. The van der Waals surface area contributed by atoms with Crippen LogP contribution in [0.4, 0.5) is 0 Å². The highest BCUT2D eigenvalue weighted by molar-refractivity contribution is 5.86. The molecular weight excluding hydrogens is 889 g/mol. The molecule has 6 rings (SSSR count). The topological polar surface area (TPSA) is 540 Å². The predicted molar refractivity (Wildman–Crippen MR) is 270 cm³/mol. The van der Waals surface area contributed by atoms with Gasteiger partial charge in [0, 0.05) is 47.6 Å². The second-order valence-corrected chi connectivity index (χ2v) is 17.2. The lowest BCUT2D eigenvalue weighted by Gasteiger charge is -2.32. The summed E-state index contributed by atoms with van der Waals surface area (Å²) in [5, 5.41) is 0. The first-order chi connectivity index (χ1) is 32.8. The molecule has 1 aliphatic carbocycles. The number of rotatable bonds is 20. The third-order valence-electron chi connectivity index (χ3n) is 12.2. The van der Waals surface area contributed by atoms with Crippen LogP contribution in [0.25, 0.3) is 0 Å². The summed E-state index contributed by atoms with van der Waals surface area (Å²) in [4.78, 5) is 35.0. The predicted octanol–water partition coefficient (Wildman–Crippen LogP) is -6.51. The average molecular weight is 957 g/mol. The maximum Gasteiger partial charge on any atom is 0.704 e. The number of aliphatic imine (C=N–C) groups is 8. The second kappa shape index (κ2) is 21.4. The van der Waals surface area contributed by atoms with Crippen LogP contribution in [0.5, 0.6) is 11.5 Å². The van der Waals surface area contributed by atoms with Crippen molar-refractivity contribution < 1.29 is 18.6 Å². The molecule has 1 saturated heterocycles. The van der Waals surface area contributed by atoms with Crippen LogP contribution in [-0.4, -0.2) is 140 Å². The fourth-order valence-corrected chi connectivity index (χ4v) is 9.12. The number of nitrogens with zero attached hydrogens (tertiary/aromatic N) is 10. The Morgan fingerprint density at radius 1 is 0.420 bits per heavy atom. The van der Waals surface area contributed by atoms with Crippen molar-refractivity contribution in [1.29, 1.82) is 0 Å². The Labute approximate surface area is 398 Å². The van der Waals surface area contributed by atoms with Crippen LogP contribution in [0, 0.1) is 0 Å². The maximum atomic E-state index is 7.48. The van der Waals surface area contributed by atoms with Crippen LogP contribution in [0.15, 0.2) is 64.2 Å². The van der Waals surface area contributed by atoms with Crippen molar-refractivity contribution in [2.75, 3.05) is 52.4 Å². The summed E-state index contributed by atoms with van der Waals surface area (Å²) in [6.07, 6.45) is 7.67. The Hall–Kier alpha value is -8.46. The van der Waals surface area contributed by atoms with E-state index in [0.717, 1.165) is 36.8 Å². The van der Waals surface area contributed by atoms with Gasteiger partial charge in [-0.1, -0.05) is 21.3 Å². The van der Waals surface area contributed by atoms with Gasteiger partial charge in [0.25, 0.3) is 0 Å². The number of fused-ring (bicyclic) bond motifs is 5. The van der Waals surface area contributed by atoms with Gasteiger partial charge in [-0.05, 0) is 36.1 Å². The first-order valence-corrected chi connectivity index (χ1v) is 22.2. The van der Waals surface area contributed by atoms with E-state index < -0.39 is 29.7 Å². The molecule has 2 aromatic carbocycles. The van der Waals surface area contributed by atoms with Crippen LogP contribution >= 0.6 is 0 Å². The highest BCUT2D eigenvalue weighted by atomic mass is 16.7. The van der Waals surface area contributed by atoms with E-state index in [2.05, 4.69) is 61.5 Å². The monoisotopic (exact) mass is 957 g/mol. The Kier molecular flexibility index (Phi) is 15.5. The van der Waals surface area contributed by atoms with Crippen LogP contribution < -0.4 is 101 Å². The van der Waals surface area contributed by atoms with Gasteiger partial charge in [0.05, 0.1) is 63.5 Å². The fourth-order valence-electron chi connectivity index (χ4n) is 9.12. The van der Waals surface area contributed by atoms with Crippen molar-refractivity contribution in [2.45, 2.75) is 67.5 Å². The minimum Gasteiger partial charge on any atom is -0.370 e. The zero-order valence-corrected chi connectivity index (χ0v) is 38.4. The van der Waals surface area contributed by atoms with Gasteiger partial charge in [0.15, 0.2) is 71.6 Å². The molecule has 2 unspecified atom stereocenters. The number of hydrogen-bond acceptors (Lipinski definition) is 10. The molecule has 69 heavy (non-hydrogen) atoms. The van der Waals surface area contributed by atoms with Crippen molar-refractivity contribution in [3.63, 3.8) is 0 Å². The Morgan fingerprint density at radius 2 is 0.681 bits per heavy atom. The van der Waals surface area contributed by atoms with E-state index in [1.54, 1.807) is 0 Å². The summed E-state index contributed by atoms with van der Waals surface area (Å²) in [7, 11) is 0. The van der Waals surface area contributed by atoms with E-state index in [1.807, 2.05) is 24.3 Å². The molecule has 3 heterocycles. The Morgan fingerprint density at radius 3 is 0.942 bits per heavy atom. The molecular formula is C41H68N26O2+2. The van der Waals surface area contributed by atoms with Crippen molar-refractivity contribution in [2.24, 2.45) is 132 Å². The Bertz CT molecular complexity index is 2270. The first-order valence-electron chi connectivity index (χ1n) is 22.2. The van der Waals surface area contributed by atoms with Crippen LogP contribution in [0.1, 0.15) is 82.7 Å². The molecule has 0 bridgehead atoms. The van der Waals surface area contributed by atoms with Crippen LogP contribution in [-0.2, 0) is 0 Å². The van der Waals surface area contributed by atoms with Crippen molar-refractivity contribution >= 4 is 60.1 Å². The molecule has 0 radical (unpaired) electrons. The number of ether oxygens (including phenoxy) is 2. The largest absolute Gasteiger partial charge is 0.704 e. The highest BCUT2D eigenvalue weighted by Gasteiger charge is 2.76. The molecule has 28 nitrogen and oxygen atoms in total. The van der Waals surface area contributed by atoms with Gasteiger partial charge >= 0.3 is 6.03 Å². The zero-order chi connectivity index (χ0) is 50.2. The third kappa shape index (κ3) is 11.9. The molecule has 2 aromatic rings. The van der Waals surface area contributed by atoms with E-state index in [0.29, 0.717) is 33.8 Å². The molecule has 32 N–H and O–H groups in total. The number of nitrogens with two attached hydrogens (primary N) is 16. The fraction of sp³-hybridized carbons (Fsp3) is 0.463. The van der Waals surface area contributed by atoms with Gasteiger partial charge in [0.1, 0.15) is 0 Å². The van der Waals surface area contributed by atoms with Gasteiger partial charge in [0.2, 0.25) is 12.1 Å². The summed E-state index contributed by atoms with van der Waals surface area (Å²) in [6, 6.07) is 6.11. The lowest BCUT2D eigenvalue weighted by molar-refractivity contribution is -0.866. The lowest BCUT2D eigenvalue weighted by Crippen LogP contribution is -2.60. The van der Waals surface area contributed by atoms with Gasteiger partial charge in [-0.15, -0.1) is 0 Å². The molecule has 2 fully saturated rings. The molecule has 28 heteroatoms. The number of hydrogen-bond donors (Lipinski definition) is 16. The van der Waals surface area contributed by atoms with Gasteiger partial charge < -0.3 is 101 Å². The Balaban J connectivity index is 1.66. The minimum absolute atomic E-state index is 0.0669. The molecule has 0 amide bonds. The minimum atomic E-state index is -1.61. The molecule has 3 aliphatic heterocycles. The van der Waals surface area contributed by atoms with Crippen LogP contribution in [0.2, 0.25) is 0 Å². The summed E-state index contributed by atoms with van der Waals surface area (Å²) >= 11 is 0.